The molecule has 1 amide bonds. The van der Waals surface area contributed by atoms with Crippen LogP contribution in [0.1, 0.15) is 21.7 Å². The minimum atomic E-state index is -0.261. The van der Waals surface area contributed by atoms with Crippen molar-refractivity contribution in [2.45, 2.75) is 13.1 Å². The van der Waals surface area contributed by atoms with E-state index >= 15 is 0 Å². The molecule has 164 valence electrons. The van der Waals surface area contributed by atoms with E-state index in [1.54, 1.807) is 35.3 Å². The minimum absolute atomic E-state index is 0.261. The van der Waals surface area contributed by atoms with Crippen molar-refractivity contribution in [3.8, 4) is 11.4 Å². The van der Waals surface area contributed by atoms with Gasteiger partial charge in [-0.05, 0) is 48.0 Å². The topological polar surface area (TPSA) is 127 Å². The summed E-state index contributed by atoms with van der Waals surface area (Å²) >= 11 is 6.07. The van der Waals surface area contributed by atoms with Gasteiger partial charge in [-0.3, -0.25) is 9.89 Å². The third-order valence-corrected chi connectivity index (χ3v) is 5.32. The second kappa shape index (κ2) is 8.81. The number of rotatable bonds is 6. The van der Waals surface area contributed by atoms with Crippen molar-refractivity contribution in [3.05, 3.63) is 89.0 Å². The van der Waals surface area contributed by atoms with Crippen molar-refractivity contribution in [1.82, 2.24) is 29.9 Å². The number of aromatic nitrogens is 6. The molecule has 5 aromatic rings. The Morgan fingerprint density at radius 2 is 1.97 bits per heavy atom. The second-order valence-electron chi connectivity index (χ2n) is 7.41. The number of nitrogens with zero attached hydrogens (tertiary/aromatic N) is 5. The third-order valence-electron chi connectivity index (χ3n) is 5.09. The smallest absolute Gasteiger partial charge is 0.257 e. The average molecular weight is 459 g/mol. The van der Waals surface area contributed by atoms with Crippen LogP contribution in [0, 0.1) is 0 Å². The highest BCUT2D eigenvalue weighted by molar-refractivity contribution is 6.30. The van der Waals surface area contributed by atoms with Gasteiger partial charge in [0.1, 0.15) is 5.82 Å². The molecule has 0 fully saturated rings. The van der Waals surface area contributed by atoms with E-state index in [9.17, 15) is 4.79 Å². The largest absolute Gasteiger partial charge is 0.324 e. The molecule has 0 bridgehead atoms. The minimum Gasteiger partial charge on any atom is -0.324 e. The molecule has 0 saturated heterocycles. The predicted molar refractivity (Wildman–Crippen MR) is 126 cm³/mol. The van der Waals surface area contributed by atoms with E-state index in [1.807, 2.05) is 36.4 Å². The zero-order chi connectivity index (χ0) is 22.8. The number of halogens is 1. The number of hydrogen-bond donors (Lipinski definition) is 3. The highest BCUT2D eigenvalue weighted by atomic mass is 35.5. The van der Waals surface area contributed by atoms with Crippen LogP contribution in [0.5, 0.6) is 0 Å². The molecular weight excluding hydrogens is 440 g/mol. The molecule has 5 rings (SSSR count). The van der Waals surface area contributed by atoms with E-state index in [0.29, 0.717) is 46.7 Å². The fourth-order valence-electron chi connectivity index (χ4n) is 3.44. The van der Waals surface area contributed by atoms with E-state index in [0.717, 1.165) is 16.5 Å². The number of nitrogens with one attached hydrogen (secondary N) is 2. The summed E-state index contributed by atoms with van der Waals surface area (Å²) in [4.78, 5) is 21.5. The summed E-state index contributed by atoms with van der Waals surface area (Å²) in [5.41, 5.74) is 9.17. The maximum atomic E-state index is 12.8. The first-order chi connectivity index (χ1) is 16.1. The predicted octanol–water partition coefficient (Wildman–Crippen LogP) is 3.63. The molecule has 0 aliphatic rings. The lowest BCUT2D eigenvalue weighted by atomic mass is 10.2. The molecule has 0 aliphatic heterocycles. The van der Waals surface area contributed by atoms with Gasteiger partial charge in [-0.25, -0.2) is 14.6 Å². The standard InChI is InChI=1S/C23H19ClN8O/c24-18-3-1-2-14(8-18)13-32-22-16(12-27-32)9-17(11-26-22)23(33)28-19-6-4-15(5-7-19)21-29-20(10-25)30-31-21/h1-9,11-12H,10,13,25H2,(H,28,33)(H,29,30,31). The fourth-order valence-corrected chi connectivity index (χ4v) is 3.65. The van der Waals surface area contributed by atoms with Gasteiger partial charge >= 0.3 is 0 Å². The van der Waals surface area contributed by atoms with Crippen molar-refractivity contribution in [2.24, 2.45) is 5.73 Å². The number of anilines is 1. The average Bonchev–Trinajstić information content (AvgIpc) is 3.47. The van der Waals surface area contributed by atoms with Crippen LogP contribution in [0.3, 0.4) is 0 Å². The zero-order valence-corrected chi connectivity index (χ0v) is 18.1. The van der Waals surface area contributed by atoms with E-state index < -0.39 is 0 Å². The lowest BCUT2D eigenvalue weighted by Crippen LogP contribution is -2.12. The number of nitrogens with two attached hydrogens (primary N) is 1. The molecule has 0 aliphatic carbocycles. The van der Waals surface area contributed by atoms with Crippen molar-refractivity contribution in [2.75, 3.05) is 5.32 Å². The van der Waals surface area contributed by atoms with Crippen molar-refractivity contribution >= 4 is 34.2 Å². The molecule has 0 spiro atoms. The molecule has 0 unspecified atom stereocenters. The summed E-state index contributed by atoms with van der Waals surface area (Å²) < 4.78 is 1.78. The highest BCUT2D eigenvalue weighted by Crippen LogP contribution is 2.20. The van der Waals surface area contributed by atoms with Gasteiger partial charge in [-0.1, -0.05) is 23.7 Å². The molecule has 0 radical (unpaired) electrons. The van der Waals surface area contributed by atoms with Gasteiger partial charge in [-0.15, -0.1) is 0 Å². The molecule has 10 heteroatoms. The number of H-pyrrole nitrogens is 1. The van der Waals surface area contributed by atoms with Crippen molar-refractivity contribution in [1.29, 1.82) is 0 Å². The maximum Gasteiger partial charge on any atom is 0.257 e. The Morgan fingerprint density at radius 3 is 2.73 bits per heavy atom. The molecule has 3 aromatic heterocycles. The Morgan fingerprint density at radius 1 is 1.12 bits per heavy atom. The summed E-state index contributed by atoms with van der Waals surface area (Å²) in [6, 6.07) is 16.6. The summed E-state index contributed by atoms with van der Waals surface area (Å²) in [7, 11) is 0. The Balaban J connectivity index is 1.30. The van der Waals surface area contributed by atoms with Crippen LogP contribution in [0.4, 0.5) is 5.69 Å². The number of carbonyl (C=O) groups is 1. The first kappa shape index (κ1) is 20.8. The third kappa shape index (κ3) is 4.45. The van der Waals surface area contributed by atoms with Gasteiger partial charge < -0.3 is 11.1 Å². The van der Waals surface area contributed by atoms with Crippen molar-refractivity contribution in [3.63, 3.8) is 0 Å². The van der Waals surface area contributed by atoms with Crippen LogP contribution >= 0.6 is 11.6 Å². The SMILES string of the molecule is NCc1nc(-c2ccc(NC(=O)c3cnc4c(cnn4Cc4cccc(Cl)c4)c3)cc2)n[nH]1. The van der Waals surface area contributed by atoms with Gasteiger partial charge in [-0.2, -0.15) is 10.2 Å². The molecule has 0 saturated carbocycles. The van der Waals surface area contributed by atoms with E-state index in [-0.39, 0.29) is 5.91 Å². The number of amides is 1. The van der Waals surface area contributed by atoms with Gasteiger partial charge in [0.2, 0.25) is 0 Å². The first-order valence-corrected chi connectivity index (χ1v) is 10.6. The quantitative estimate of drug-likeness (QED) is 0.356. The molecular formula is C23H19ClN8O. The van der Waals surface area contributed by atoms with Crippen LogP contribution in [-0.2, 0) is 13.1 Å². The zero-order valence-electron chi connectivity index (χ0n) is 17.4. The Labute approximate surface area is 193 Å². The Hall–Kier alpha value is -4.08. The van der Waals surface area contributed by atoms with Gasteiger partial charge in [0, 0.05) is 27.9 Å². The molecule has 9 nitrogen and oxygen atoms in total. The highest BCUT2D eigenvalue weighted by Gasteiger charge is 2.12. The Bertz CT molecular complexity index is 1440. The van der Waals surface area contributed by atoms with Crippen LogP contribution in [-0.4, -0.2) is 35.9 Å². The molecule has 3 heterocycles. The molecule has 2 aromatic carbocycles. The van der Waals surface area contributed by atoms with Gasteiger partial charge in [0.15, 0.2) is 11.5 Å². The monoisotopic (exact) mass is 458 g/mol. The van der Waals surface area contributed by atoms with E-state index in [4.69, 9.17) is 17.3 Å². The number of benzene rings is 2. The number of carbonyl (C=O) groups excluding carboxylic acids is 1. The summed E-state index contributed by atoms with van der Waals surface area (Å²) in [5.74, 6) is 0.905. The normalized spacial score (nSPS) is 11.1. The lowest BCUT2D eigenvalue weighted by Gasteiger charge is -2.07. The van der Waals surface area contributed by atoms with Crippen LogP contribution in [0.15, 0.2) is 67.0 Å². The molecule has 4 N–H and O–H groups in total. The first-order valence-electron chi connectivity index (χ1n) is 10.2. The number of aromatic amines is 1. The fraction of sp³-hybridized carbons (Fsp3) is 0.0870. The maximum absolute atomic E-state index is 12.8. The van der Waals surface area contributed by atoms with Crippen LogP contribution in [0.25, 0.3) is 22.4 Å². The van der Waals surface area contributed by atoms with Crippen LogP contribution < -0.4 is 11.1 Å². The van der Waals surface area contributed by atoms with E-state index in [2.05, 4.69) is 30.6 Å². The number of pyridine rings is 1. The van der Waals surface area contributed by atoms with Crippen LogP contribution in [0.2, 0.25) is 5.02 Å². The summed E-state index contributed by atoms with van der Waals surface area (Å²) in [5, 5.41) is 15.6. The lowest BCUT2D eigenvalue weighted by molar-refractivity contribution is 0.102. The summed E-state index contributed by atoms with van der Waals surface area (Å²) in [6.45, 7) is 0.825. The van der Waals surface area contributed by atoms with Gasteiger partial charge in [0.25, 0.3) is 5.91 Å². The number of fused-ring (bicyclic) bond motifs is 1. The molecule has 0 atom stereocenters. The Kier molecular flexibility index (Phi) is 5.55. The second-order valence-corrected chi connectivity index (χ2v) is 7.85. The molecule has 33 heavy (non-hydrogen) atoms. The van der Waals surface area contributed by atoms with E-state index in [1.165, 1.54) is 0 Å². The summed E-state index contributed by atoms with van der Waals surface area (Å²) in [6.07, 6.45) is 3.25. The van der Waals surface area contributed by atoms with Gasteiger partial charge in [0.05, 0.1) is 24.8 Å². The number of hydrogen-bond acceptors (Lipinski definition) is 6. The van der Waals surface area contributed by atoms with Crippen molar-refractivity contribution < 1.29 is 4.79 Å².